The smallest absolute Gasteiger partial charge is 0.308 e. The van der Waals surface area contributed by atoms with E-state index in [2.05, 4.69) is 10.1 Å². The Kier molecular flexibility index (Phi) is 3.28. The minimum absolute atomic E-state index is 0.0261. The summed E-state index contributed by atoms with van der Waals surface area (Å²) in [5.74, 6) is -0.217. The second-order valence-corrected chi connectivity index (χ2v) is 3.43. The van der Waals surface area contributed by atoms with Crippen LogP contribution < -0.4 is 5.32 Å². The largest absolute Gasteiger partial charge is 0.469 e. The number of nitrogens with one attached hydrogen (secondary N) is 1. The molecule has 74 valence electrons. The third kappa shape index (κ3) is 2.72. The quantitative estimate of drug-likeness (QED) is 0.636. The van der Waals surface area contributed by atoms with Crippen molar-refractivity contribution in [1.82, 2.24) is 5.32 Å². The maximum Gasteiger partial charge on any atom is 0.308 e. The highest BCUT2D eigenvalue weighted by atomic mass is 16.5. The van der Waals surface area contributed by atoms with Gasteiger partial charge in [0.1, 0.15) is 0 Å². The molecule has 1 aliphatic carbocycles. The number of hydrogen-bond acceptors (Lipinski definition) is 3. The van der Waals surface area contributed by atoms with Crippen molar-refractivity contribution in [3.8, 4) is 0 Å². The van der Waals surface area contributed by atoms with Gasteiger partial charge in [0.2, 0.25) is 5.91 Å². The first kappa shape index (κ1) is 10.0. The van der Waals surface area contributed by atoms with Crippen molar-refractivity contribution in [2.75, 3.05) is 7.11 Å². The van der Waals surface area contributed by atoms with Crippen LogP contribution in [0.1, 0.15) is 26.2 Å². The summed E-state index contributed by atoms with van der Waals surface area (Å²) in [5.41, 5.74) is 0. The predicted octanol–water partition coefficient (Wildman–Crippen LogP) is 0.464. The highest BCUT2D eigenvalue weighted by Gasteiger charge is 2.30. The molecule has 0 aromatic rings. The Labute approximate surface area is 77.6 Å². The van der Waals surface area contributed by atoms with E-state index < -0.39 is 0 Å². The van der Waals surface area contributed by atoms with E-state index in [9.17, 15) is 9.59 Å². The summed E-state index contributed by atoms with van der Waals surface area (Å²) in [7, 11) is 1.40. The van der Waals surface area contributed by atoms with Crippen molar-refractivity contribution in [3.05, 3.63) is 0 Å². The minimum Gasteiger partial charge on any atom is -0.469 e. The average Bonchev–Trinajstić information content (AvgIpc) is 2.50. The van der Waals surface area contributed by atoms with Crippen molar-refractivity contribution >= 4 is 11.9 Å². The number of methoxy groups -OCH3 is 1. The number of ether oxygens (including phenoxy) is 1. The van der Waals surface area contributed by atoms with E-state index in [0.717, 1.165) is 12.8 Å². The first-order valence-electron chi connectivity index (χ1n) is 4.48. The van der Waals surface area contributed by atoms with Gasteiger partial charge in [0, 0.05) is 13.0 Å². The molecule has 0 heterocycles. The number of rotatable bonds is 2. The van der Waals surface area contributed by atoms with Gasteiger partial charge in [0.15, 0.2) is 0 Å². The van der Waals surface area contributed by atoms with Crippen LogP contribution in [0.25, 0.3) is 0 Å². The van der Waals surface area contributed by atoms with E-state index in [4.69, 9.17) is 0 Å². The lowest BCUT2D eigenvalue weighted by atomic mass is 10.1. The van der Waals surface area contributed by atoms with Gasteiger partial charge in [-0.25, -0.2) is 0 Å². The minimum atomic E-state index is -0.159. The second kappa shape index (κ2) is 4.25. The molecule has 2 atom stereocenters. The molecule has 0 aromatic heterocycles. The summed E-state index contributed by atoms with van der Waals surface area (Å²) in [4.78, 5) is 21.8. The van der Waals surface area contributed by atoms with E-state index in [1.54, 1.807) is 0 Å². The van der Waals surface area contributed by atoms with Gasteiger partial charge in [-0.1, -0.05) is 0 Å². The maximum absolute atomic E-state index is 11.1. The van der Waals surface area contributed by atoms with Crippen LogP contribution in [0.3, 0.4) is 0 Å². The van der Waals surface area contributed by atoms with Gasteiger partial charge in [-0.3, -0.25) is 9.59 Å². The molecule has 1 amide bonds. The monoisotopic (exact) mass is 185 g/mol. The fourth-order valence-electron chi connectivity index (χ4n) is 1.78. The molecule has 0 spiro atoms. The SMILES string of the molecule is COC(=O)C1CCC(NC(C)=O)C1. The first-order valence-corrected chi connectivity index (χ1v) is 4.48. The van der Waals surface area contributed by atoms with Gasteiger partial charge in [-0.2, -0.15) is 0 Å². The Morgan fingerprint density at radius 1 is 1.38 bits per heavy atom. The van der Waals surface area contributed by atoms with Gasteiger partial charge >= 0.3 is 5.97 Å². The van der Waals surface area contributed by atoms with Crippen LogP contribution in [-0.4, -0.2) is 25.0 Å². The molecule has 1 rings (SSSR count). The molecule has 1 N–H and O–H groups in total. The van der Waals surface area contributed by atoms with Gasteiger partial charge < -0.3 is 10.1 Å². The summed E-state index contributed by atoms with van der Waals surface area (Å²) >= 11 is 0. The zero-order valence-electron chi connectivity index (χ0n) is 8.00. The lowest BCUT2D eigenvalue weighted by molar-refractivity contribution is -0.145. The third-order valence-electron chi connectivity index (χ3n) is 2.37. The van der Waals surface area contributed by atoms with Crippen molar-refractivity contribution in [1.29, 1.82) is 0 Å². The van der Waals surface area contributed by atoms with Crippen LogP contribution in [0.4, 0.5) is 0 Å². The summed E-state index contributed by atoms with van der Waals surface area (Å²) in [6, 6.07) is 0.154. The molecule has 4 nitrogen and oxygen atoms in total. The highest BCUT2D eigenvalue weighted by Crippen LogP contribution is 2.26. The molecule has 13 heavy (non-hydrogen) atoms. The van der Waals surface area contributed by atoms with Gasteiger partial charge in [0.25, 0.3) is 0 Å². The standard InChI is InChI=1S/C9H15NO3/c1-6(11)10-8-4-3-7(5-8)9(12)13-2/h7-8H,3-5H2,1-2H3,(H,10,11). The summed E-state index contributed by atoms with van der Waals surface area (Å²) < 4.78 is 4.64. The van der Waals surface area contributed by atoms with E-state index in [1.165, 1.54) is 14.0 Å². The van der Waals surface area contributed by atoms with E-state index >= 15 is 0 Å². The Balaban J connectivity index is 2.36. The number of esters is 1. The molecule has 1 fully saturated rings. The predicted molar refractivity (Wildman–Crippen MR) is 47.0 cm³/mol. The zero-order valence-corrected chi connectivity index (χ0v) is 8.00. The molecule has 2 unspecified atom stereocenters. The summed E-state index contributed by atoms with van der Waals surface area (Å²) in [5, 5.41) is 2.80. The van der Waals surface area contributed by atoms with Crippen LogP contribution in [0, 0.1) is 5.92 Å². The number of hydrogen-bond donors (Lipinski definition) is 1. The molecule has 0 aromatic carbocycles. The molecule has 0 aliphatic heterocycles. The van der Waals surface area contributed by atoms with Crippen LogP contribution in [0.2, 0.25) is 0 Å². The lowest BCUT2D eigenvalue weighted by Crippen LogP contribution is -2.31. The molecule has 0 bridgehead atoms. The van der Waals surface area contributed by atoms with Crippen LogP contribution >= 0.6 is 0 Å². The first-order chi connectivity index (χ1) is 6.13. The molecular formula is C9H15NO3. The Morgan fingerprint density at radius 3 is 2.62 bits per heavy atom. The Bertz CT molecular complexity index is 215. The molecule has 1 aliphatic rings. The van der Waals surface area contributed by atoms with Gasteiger partial charge in [-0.15, -0.1) is 0 Å². The van der Waals surface area contributed by atoms with Crippen molar-refractivity contribution in [2.45, 2.75) is 32.2 Å². The number of amides is 1. The molecular weight excluding hydrogens is 170 g/mol. The molecule has 4 heteroatoms. The maximum atomic E-state index is 11.1. The van der Waals surface area contributed by atoms with Crippen molar-refractivity contribution < 1.29 is 14.3 Å². The van der Waals surface area contributed by atoms with E-state index in [-0.39, 0.29) is 23.8 Å². The Morgan fingerprint density at radius 2 is 2.08 bits per heavy atom. The summed E-state index contributed by atoms with van der Waals surface area (Å²) in [6.07, 6.45) is 2.41. The Hall–Kier alpha value is -1.06. The molecule has 0 radical (unpaired) electrons. The summed E-state index contributed by atoms with van der Waals surface area (Å²) in [6.45, 7) is 1.49. The molecule has 1 saturated carbocycles. The second-order valence-electron chi connectivity index (χ2n) is 3.43. The molecule has 0 saturated heterocycles. The fraction of sp³-hybridized carbons (Fsp3) is 0.778. The van der Waals surface area contributed by atoms with E-state index in [0.29, 0.717) is 6.42 Å². The third-order valence-corrected chi connectivity index (χ3v) is 2.37. The van der Waals surface area contributed by atoms with Gasteiger partial charge in [0.05, 0.1) is 13.0 Å². The highest BCUT2D eigenvalue weighted by molar-refractivity contribution is 5.74. The topological polar surface area (TPSA) is 55.4 Å². The normalized spacial score (nSPS) is 26.9. The lowest BCUT2D eigenvalue weighted by Gasteiger charge is -2.10. The van der Waals surface area contributed by atoms with E-state index in [1.807, 2.05) is 0 Å². The zero-order chi connectivity index (χ0) is 9.84. The van der Waals surface area contributed by atoms with Crippen LogP contribution in [0.15, 0.2) is 0 Å². The van der Waals surface area contributed by atoms with Crippen molar-refractivity contribution in [2.24, 2.45) is 5.92 Å². The number of carbonyl (C=O) groups excluding carboxylic acids is 2. The van der Waals surface area contributed by atoms with Crippen molar-refractivity contribution in [3.63, 3.8) is 0 Å². The average molecular weight is 185 g/mol. The van der Waals surface area contributed by atoms with Crippen LogP contribution in [0.5, 0.6) is 0 Å². The number of carbonyl (C=O) groups is 2. The van der Waals surface area contributed by atoms with Gasteiger partial charge in [-0.05, 0) is 19.3 Å². The fourth-order valence-corrected chi connectivity index (χ4v) is 1.78. The van der Waals surface area contributed by atoms with Crippen LogP contribution in [-0.2, 0) is 14.3 Å².